The fraction of sp³-hybridized carbons (Fsp3) is 0.778. The summed E-state index contributed by atoms with van der Waals surface area (Å²) < 4.78 is 5.63. The van der Waals surface area contributed by atoms with Crippen molar-refractivity contribution in [3.05, 3.63) is 24.5 Å². The van der Waals surface area contributed by atoms with E-state index in [-0.39, 0.29) is 0 Å². The van der Waals surface area contributed by atoms with E-state index in [1.54, 1.807) is 6.08 Å². The van der Waals surface area contributed by atoms with Gasteiger partial charge in [-0.15, -0.1) is 0 Å². The number of aliphatic hydroxyl groups excluding tert-OH is 1. The van der Waals surface area contributed by atoms with Gasteiger partial charge in [-0.1, -0.05) is 76.9 Å². The third-order valence-electron chi connectivity index (χ3n) is 3.98. The summed E-state index contributed by atoms with van der Waals surface area (Å²) >= 11 is 0. The Kier molecular flexibility index (Phi) is 10.4. The molecule has 0 aromatic carbocycles. The van der Waals surface area contributed by atoms with Crippen molar-refractivity contribution in [3.8, 4) is 0 Å². The van der Waals surface area contributed by atoms with Crippen LogP contribution in [0, 0.1) is 0 Å². The molecule has 1 rings (SSSR count). The van der Waals surface area contributed by atoms with Crippen molar-refractivity contribution in [2.24, 2.45) is 0 Å². The summed E-state index contributed by atoms with van der Waals surface area (Å²) in [5, 5.41) is 8.48. The summed E-state index contributed by atoms with van der Waals surface area (Å²) in [5.74, 6) is 0. The first-order chi connectivity index (χ1) is 9.88. The number of unbranched alkanes of at least 4 members (excludes halogenated alkanes) is 8. The zero-order valence-corrected chi connectivity index (χ0v) is 13.1. The first-order valence-corrected chi connectivity index (χ1v) is 8.49. The van der Waals surface area contributed by atoms with E-state index in [4.69, 9.17) is 9.84 Å². The predicted molar refractivity (Wildman–Crippen MR) is 86.0 cm³/mol. The molecule has 0 aromatic heterocycles. The zero-order chi connectivity index (χ0) is 14.5. The average Bonchev–Trinajstić information content (AvgIpc) is 3.20. The van der Waals surface area contributed by atoms with Crippen LogP contribution in [0.3, 0.4) is 0 Å². The molecule has 0 spiro atoms. The van der Waals surface area contributed by atoms with Crippen LogP contribution in [0.15, 0.2) is 24.5 Å². The maximum absolute atomic E-state index is 8.48. The Balaban J connectivity index is 1.79. The molecule has 20 heavy (non-hydrogen) atoms. The van der Waals surface area contributed by atoms with E-state index in [1.807, 2.05) is 6.08 Å². The Hall–Kier alpha value is -0.760. The molecule has 1 fully saturated rings. The fourth-order valence-corrected chi connectivity index (χ4v) is 2.64. The highest BCUT2D eigenvalue weighted by Crippen LogP contribution is 2.30. The van der Waals surface area contributed by atoms with Crippen molar-refractivity contribution >= 4 is 0 Å². The molecular weight excluding hydrogens is 248 g/mol. The third-order valence-corrected chi connectivity index (χ3v) is 3.98. The lowest BCUT2D eigenvalue weighted by molar-refractivity contribution is 0.358. The molecule has 0 aromatic rings. The van der Waals surface area contributed by atoms with E-state index in [0.717, 1.165) is 12.7 Å². The number of hydrogen-bond acceptors (Lipinski definition) is 2. The molecule has 0 saturated carbocycles. The zero-order valence-electron chi connectivity index (χ0n) is 13.1. The number of rotatable bonds is 13. The minimum absolute atomic E-state index is 0.437. The summed E-state index contributed by atoms with van der Waals surface area (Å²) in [7, 11) is 0. The van der Waals surface area contributed by atoms with Gasteiger partial charge in [-0.25, -0.2) is 0 Å². The van der Waals surface area contributed by atoms with Crippen molar-refractivity contribution in [1.82, 2.24) is 0 Å². The molecule has 0 amide bonds. The Bertz CT molecular complexity index is 271. The molecule has 2 heteroatoms. The van der Waals surface area contributed by atoms with Crippen molar-refractivity contribution in [2.75, 3.05) is 0 Å². The van der Waals surface area contributed by atoms with E-state index in [0.29, 0.717) is 12.2 Å². The van der Waals surface area contributed by atoms with Gasteiger partial charge in [0.2, 0.25) is 0 Å². The van der Waals surface area contributed by atoms with E-state index < -0.39 is 0 Å². The lowest BCUT2D eigenvalue weighted by atomic mass is 10.0. The molecule has 0 aliphatic carbocycles. The van der Waals surface area contributed by atoms with Crippen molar-refractivity contribution in [1.29, 1.82) is 0 Å². The fourth-order valence-electron chi connectivity index (χ4n) is 2.64. The van der Waals surface area contributed by atoms with Crippen molar-refractivity contribution in [3.63, 3.8) is 0 Å². The Morgan fingerprint density at radius 1 is 0.850 bits per heavy atom. The molecule has 1 saturated heterocycles. The van der Waals surface area contributed by atoms with Gasteiger partial charge in [0, 0.05) is 0 Å². The smallest absolute Gasteiger partial charge is 0.0876 e. The number of allylic oxidation sites excluding steroid dienone is 2. The second kappa shape index (κ2) is 12.0. The van der Waals surface area contributed by atoms with Gasteiger partial charge in [0.1, 0.15) is 0 Å². The normalized spacial score (nSPS) is 22.1. The van der Waals surface area contributed by atoms with Crippen LogP contribution >= 0.6 is 0 Å². The third kappa shape index (κ3) is 9.19. The maximum Gasteiger partial charge on any atom is 0.0876 e. The quantitative estimate of drug-likeness (QED) is 0.203. The van der Waals surface area contributed by atoms with E-state index in [1.165, 1.54) is 64.2 Å². The second-order valence-corrected chi connectivity index (χ2v) is 5.84. The molecule has 0 unspecified atom stereocenters. The van der Waals surface area contributed by atoms with Crippen LogP contribution in [0.2, 0.25) is 0 Å². The molecule has 0 bridgehead atoms. The predicted octanol–water partition coefficient (Wildman–Crippen LogP) is 5.69. The minimum Gasteiger partial charge on any atom is -0.516 e. The van der Waals surface area contributed by atoms with Crippen LogP contribution in [0.25, 0.3) is 0 Å². The highest BCUT2D eigenvalue weighted by Gasteiger charge is 2.36. The maximum atomic E-state index is 8.48. The van der Waals surface area contributed by atoms with E-state index >= 15 is 0 Å². The van der Waals surface area contributed by atoms with Crippen LogP contribution in [0.4, 0.5) is 0 Å². The monoisotopic (exact) mass is 280 g/mol. The standard InChI is InChI=1S/C18H32O2/c1-2-3-4-5-6-7-8-9-11-14-17-18(20-17)15-12-10-13-16-19/h10,12-13,16-19H,2-9,11,14-15H2,1H3/b12-10-,16-13?/t17-,18+/m0/s1. The van der Waals surface area contributed by atoms with E-state index in [2.05, 4.69) is 13.0 Å². The molecule has 116 valence electrons. The van der Waals surface area contributed by atoms with Crippen molar-refractivity contribution in [2.45, 2.75) is 89.8 Å². The van der Waals surface area contributed by atoms with Gasteiger partial charge in [0.15, 0.2) is 0 Å². The summed E-state index contributed by atoms with van der Waals surface area (Å²) in [4.78, 5) is 0. The van der Waals surface area contributed by atoms with Gasteiger partial charge < -0.3 is 9.84 Å². The molecule has 1 aliphatic rings. The van der Waals surface area contributed by atoms with E-state index in [9.17, 15) is 0 Å². The van der Waals surface area contributed by atoms with Gasteiger partial charge in [-0.2, -0.15) is 0 Å². The minimum atomic E-state index is 0.437. The topological polar surface area (TPSA) is 32.8 Å². The molecule has 1 N–H and O–H groups in total. The van der Waals surface area contributed by atoms with Crippen LogP contribution in [-0.4, -0.2) is 17.3 Å². The van der Waals surface area contributed by atoms with Gasteiger partial charge in [-0.05, 0) is 18.9 Å². The largest absolute Gasteiger partial charge is 0.516 e. The molecule has 0 radical (unpaired) electrons. The van der Waals surface area contributed by atoms with Crippen LogP contribution < -0.4 is 0 Å². The van der Waals surface area contributed by atoms with Crippen LogP contribution in [0.1, 0.15) is 77.6 Å². The van der Waals surface area contributed by atoms with Gasteiger partial charge in [0.05, 0.1) is 18.5 Å². The molecule has 1 heterocycles. The van der Waals surface area contributed by atoms with Crippen LogP contribution in [0.5, 0.6) is 0 Å². The number of epoxide rings is 1. The Labute approximate surface area is 124 Å². The average molecular weight is 280 g/mol. The molecule has 1 aliphatic heterocycles. The molecule has 2 nitrogen and oxygen atoms in total. The summed E-state index contributed by atoms with van der Waals surface area (Å²) in [6.45, 7) is 2.27. The number of aliphatic hydroxyl groups is 1. The second-order valence-electron chi connectivity index (χ2n) is 5.84. The SMILES string of the molecule is CCCCCCCCCCC[C@@H]1O[C@@H]1C/C=C\C=CO. The van der Waals surface area contributed by atoms with Gasteiger partial charge in [0.25, 0.3) is 0 Å². The first kappa shape index (κ1) is 17.3. The Morgan fingerprint density at radius 2 is 1.50 bits per heavy atom. The summed E-state index contributed by atoms with van der Waals surface area (Å²) in [5.41, 5.74) is 0. The lowest BCUT2D eigenvalue weighted by Crippen LogP contribution is -1.92. The van der Waals surface area contributed by atoms with Crippen molar-refractivity contribution < 1.29 is 9.84 Å². The Morgan fingerprint density at radius 3 is 2.15 bits per heavy atom. The number of ether oxygens (including phenoxy) is 1. The van der Waals surface area contributed by atoms with Gasteiger partial charge >= 0.3 is 0 Å². The molecular formula is C18H32O2. The highest BCUT2D eigenvalue weighted by molar-refractivity contribution is 5.02. The summed E-state index contributed by atoms with van der Waals surface area (Å²) in [6, 6.07) is 0. The molecule has 2 atom stereocenters. The highest BCUT2D eigenvalue weighted by atomic mass is 16.6. The lowest BCUT2D eigenvalue weighted by Gasteiger charge is -2.01. The first-order valence-electron chi connectivity index (χ1n) is 8.49. The number of hydrogen-bond donors (Lipinski definition) is 1. The van der Waals surface area contributed by atoms with Crippen LogP contribution in [-0.2, 0) is 4.74 Å². The summed E-state index contributed by atoms with van der Waals surface area (Å²) in [6.07, 6.45) is 22.3. The van der Waals surface area contributed by atoms with Gasteiger partial charge in [-0.3, -0.25) is 0 Å².